The van der Waals surface area contributed by atoms with E-state index in [0.717, 1.165) is 11.3 Å². The monoisotopic (exact) mass is 240 g/mol. The van der Waals surface area contributed by atoms with Gasteiger partial charge in [0.2, 0.25) is 5.95 Å². The highest BCUT2D eigenvalue weighted by Crippen LogP contribution is 2.40. The van der Waals surface area contributed by atoms with Gasteiger partial charge in [0.1, 0.15) is 5.82 Å². The van der Waals surface area contributed by atoms with Crippen LogP contribution in [0.3, 0.4) is 0 Å². The molecule has 1 aliphatic rings. The fraction of sp³-hybridized carbons (Fsp3) is 0.286. The summed E-state index contributed by atoms with van der Waals surface area (Å²) in [5.74, 6) is 1.30. The van der Waals surface area contributed by atoms with Crippen LogP contribution in [0.2, 0.25) is 0 Å². The van der Waals surface area contributed by atoms with Gasteiger partial charge in [0.15, 0.2) is 0 Å². The number of hydrogen-bond acceptors (Lipinski definition) is 4. The van der Waals surface area contributed by atoms with Crippen molar-refractivity contribution in [1.82, 2.24) is 9.97 Å². The Kier molecular flexibility index (Phi) is 2.63. The molecule has 0 spiro atoms. The van der Waals surface area contributed by atoms with Gasteiger partial charge in [-0.25, -0.2) is 4.98 Å². The van der Waals surface area contributed by atoms with Gasteiger partial charge < -0.3 is 11.5 Å². The second-order valence-corrected chi connectivity index (χ2v) is 4.75. The summed E-state index contributed by atoms with van der Waals surface area (Å²) in [5, 5.41) is 0. The van der Waals surface area contributed by atoms with Crippen molar-refractivity contribution in [3.63, 3.8) is 0 Å². The molecule has 1 aliphatic carbocycles. The molecule has 1 heterocycles. The number of aromatic nitrogens is 2. The lowest BCUT2D eigenvalue weighted by Crippen LogP contribution is -2.10. The first kappa shape index (κ1) is 11.0. The summed E-state index contributed by atoms with van der Waals surface area (Å²) >= 11 is 0. The third-order valence-electron chi connectivity index (χ3n) is 3.54. The molecule has 0 amide bonds. The van der Waals surface area contributed by atoms with Crippen molar-refractivity contribution in [2.75, 3.05) is 11.5 Å². The molecule has 2 aromatic rings. The van der Waals surface area contributed by atoms with E-state index in [4.69, 9.17) is 11.5 Å². The maximum absolute atomic E-state index is 5.74. The van der Waals surface area contributed by atoms with E-state index in [0.29, 0.717) is 11.7 Å². The molecule has 92 valence electrons. The van der Waals surface area contributed by atoms with Crippen LogP contribution in [0.1, 0.15) is 30.7 Å². The largest absolute Gasteiger partial charge is 0.384 e. The highest BCUT2D eigenvalue weighted by Gasteiger charge is 2.22. The highest BCUT2D eigenvalue weighted by atomic mass is 15.0. The summed E-state index contributed by atoms with van der Waals surface area (Å²) in [5.41, 5.74) is 14.7. The van der Waals surface area contributed by atoms with Crippen molar-refractivity contribution in [1.29, 1.82) is 0 Å². The first-order chi connectivity index (χ1) is 8.74. The molecule has 0 unspecified atom stereocenters. The molecule has 0 saturated heterocycles. The van der Waals surface area contributed by atoms with Crippen LogP contribution in [0.15, 0.2) is 30.3 Å². The normalized spacial score (nSPS) is 15.3. The fourth-order valence-corrected chi connectivity index (χ4v) is 2.43. The van der Waals surface area contributed by atoms with Gasteiger partial charge in [-0.1, -0.05) is 30.7 Å². The van der Waals surface area contributed by atoms with Gasteiger partial charge in [-0.05, 0) is 24.3 Å². The molecular weight excluding hydrogens is 224 g/mol. The lowest BCUT2D eigenvalue weighted by atomic mass is 9.78. The van der Waals surface area contributed by atoms with Gasteiger partial charge in [-0.15, -0.1) is 0 Å². The van der Waals surface area contributed by atoms with Crippen molar-refractivity contribution >= 4 is 11.8 Å². The maximum atomic E-state index is 5.74. The highest BCUT2D eigenvalue weighted by molar-refractivity contribution is 5.67. The summed E-state index contributed by atoms with van der Waals surface area (Å²) in [4.78, 5) is 8.21. The Labute approximate surface area is 106 Å². The first-order valence-corrected chi connectivity index (χ1v) is 6.23. The van der Waals surface area contributed by atoms with Crippen molar-refractivity contribution in [3.05, 3.63) is 35.9 Å². The van der Waals surface area contributed by atoms with E-state index in [2.05, 4.69) is 28.2 Å². The number of anilines is 2. The molecule has 0 atom stereocenters. The Morgan fingerprint density at radius 2 is 1.83 bits per heavy atom. The number of nitrogens with zero attached hydrogens (tertiary/aromatic N) is 2. The van der Waals surface area contributed by atoms with E-state index >= 15 is 0 Å². The molecule has 0 bridgehead atoms. The smallest absolute Gasteiger partial charge is 0.222 e. The molecule has 1 saturated carbocycles. The topological polar surface area (TPSA) is 77.8 Å². The number of rotatable bonds is 2. The molecule has 3 rings (SSSR count). The third kappa shape index (κ3) is 1.90. The predicted molar refractivity (Wildman–Crippen MR) is 72.9 cm³/mol. The van der Waals surface area contributed by atoms with Crippen LogP contribution in [-0.2, 0) is 0 Å². The van der Waals surface area contributed by atoms with Gasteiger partial charge in [0.05, 0.1) is 5.69 Å². The Bertz CT molecular complexity index is 556. The van der Waals surface area contributed by atoms with E-state index in [1.807, 2.05) is 6.07 Å². The van der Waals surface area contributed by atoms with Crippen LogP contribution in [0, 0.1) is 0 Å². The van der Waals surface area contributed by atoms with Crippen LogP contribution >= 0.6 is 0 Å². The van der Waals surface area contributed by atoms with Crippen molar-refractivity contribution in [3.8, 4) is 11.3 Å². The van der Waals surface area contributed by atoms with E-state index in [1.165, 1.54) is 24.8 Å². The molecule has 1 fully saturated rings. The summed E-state index contributed by atoms with van der Waals surface area (Å²) in [6.45, 7) is 0. The molecule has 4 heteroatoms. The second-order valence-electron chi connectivity index (χ2n) is 4.75. The SMILES string of the molecule is Nc1cc(-c2ccccc2C2CCC2)nc(N)n1. The molecule has 0 radical (unpaired) electrons. The number of nitrogens with two attached hydrogens (primary N) is 2. The van der Waals surface area contributed by atoms with Crippen LogP contribution in [0.4, 0.5) is 11.8 Å². The van der Waals surface area contributed by atoms with E-state index in [9.17, 15) is 0 Å². The molecule has 4 N–H and O–H groups in total. The minimum absolute atomic E-state index is 0.230. The van der Waals surface area contributed by atoms with Crippen molar-refractivity contribution < 1.29 is 0 Å². The Hall–Kier alpha value is -2.10. The molecule has 4 nitrogen and oxygen atoms in total. The zero-order chi connectivity index (χ0) is 12.5. The molecule has 1 aromatic heterocycles. The van der Waals surface area contributed by atoms with Gasteiger partial charge in [0.25, 0.3) is 0 Å². The Balaban J connectivity index is 2.10. The minimum Gasteiger partial charge on any atom is -0.384 e. The number of benzene rings is 1. The third-order valence-corrected chi connectivity index (χ3v) is 3.54. The number of hydrogen-bond donors (Lipinski definition) is 2. The van der Waals surface area contributed by atoms with Crippen LogP contribution < -0.4 is 11.5 Å². The molecule has 18 heavy (non-hydrogen) atoms. The second kappa shape index (κ2) is 4.29. The molecular formula is C14H16N4. The van der Waals surface area contributed by atoms with Gasteiger partial charge >= 0.3 is 0 Å². The molecule has 1 aromatic carbocycles. The van der Waals surface area contributed by atoms with Gasteiger partial charge in [0, 0.05) is 11.6 Å². The Morgan fingerprint density at radius 3 is 2.50 bits per heavy atom. The summed E-state index contributed by atoms with van der Waals surface area (Å²) < 4.78 is 0. The van der Waals surface area contributed by atoms with Gasteiger partial charge in [-0.3, -0.25) is 0 Å². The lowest BCUT2D eigenvalue weighted by molar-refractivity contribution is 0.420. The van der Waals surface area contributed by atoms with Crippen LogP contribution in [0.25, 0.3) is 11.3 Å². The predicted octanol–water partition coefficient (Wildman–Crippen LogP) is 2.58. The zero-order valence-corrected chi connectivity index (χ0v) is 10.1. The molecule has 0 aliphatic heterocycles. The first-order valence-electron chi connectivity index (χ1n) is 6.23. The summed E-state index contributed by atoms with van der Waals surface area (Å²) in [6, 6.07) is 10.1. The average molecular weight is 240 g/mol. The van der Waals surface area contributed by atoms with Crippen LogP contribution in [0.5, 0.6) is 0 Å². The average Bonchev–Trinajstić information content (AvgIpc) is 2.26. The van der Waals surface area contributed by atoms with Crippen molar-refractivity contribution in [2.24, 2.45) is 0 Å². The minimum atomic E-state index is 0.230. The summed E-state index contributed by atoms with van der Waals surface area (Å²) in [6.07, 6.45) is 3.83. The zero-order valence-electron chi connectivity index (χ0n) is 10.1. The number of nitrogen functional groups attached to an aromatic ring is 2. The van der Waals surface area contributed by atoms with E-state index in [1.54, 1.807) is 6.07 Å². The lowest BCUT2D eigenvalue weighted by Gasteiger charge is -2.27. The maximum Gasteiger partial charge on any atom is 0.222 e. The van der Waals surface area contributed by atoms with E-state index in [-0.39, 0.29) is 5.95 Å². The van der Waals surface area contributed by atoms with Gasteiger partial charge in [-0.2, -0.15) is 4.98 Å². The Morgan fingerprint density at radius 1 is 1.06 bits per heavy atom. The summed E-state index contributed by atoms with van der Waals surface area (Å²) in [7, 11) is 0. The standard InChI is InChI=1S/C14H16N4/c15-13-8-12(17-14(16)18-13)11-7-2-1-6-10(11)9-4-3-5-9/h1-2,6-9H,3-5H2,(H4,15,16,17,18). The van der Waals surface area contributed by atoms with E-state index < -0.39 is 0 Å². The fourth-order valence-electron chi connectivity index (χ4n) is 2.43. The van der Waals surface area contributed by atoms with Crippen LogP contribution in [-0.4, -0.2) is 9.97 Å². The quantitative estimate of drug-likeness (QED) is 0.845. The van der Waals surface area contributed by atoms with Crippen molar-refractivity contribution in [2.45, 2.75) is 25.2 Å².